The highest BCUT2D eigenvalue weighted by atomic mass is 19.1. The molecule has 0 unspecified atom stereocenters. The topological polar surface area (TPSA) is 38.1 Å². The average Bonchev–Trinajstić information content (AvgIpc) is 2.94. The molecule has 2 aromatic rings. The van der Waals surface area contributed by atoms with Gasteiger partial charge < -0.3 is 9.47 Å². The highest BCUT2D eigenvalue weighted by molar-refractivity contribution is 5.92. The Morgan fingerprint density at radius 3 is 2.71 bits per heavy atom. The van der Waals surface area contributed by atoms with Crippen LogP contribution in [0.5, 0.6) is 0 Å². The molecule has 0 bridgehead atoms. The van der Waals surface area contributed by atoms with Crippen molar-refractivity contribution in [1.29, 1.82) is 0 Å². The first-order chi connectivity index (χ1) is 10.1. The van der Waals surface area contributed by atoms with Crippen molar-refractivity contribution in [3.63, 3.8) is 0 Å². The third-order valence-electron chi connectivity index (χ3n) is 3.94. The Morgan fingerprint density at radius 1 is 1.29 bits per heavy atom. The molecule has 3 rings (SSSR count). The van der Waals surface area contributed by atoms with Gasteiger partial charge in [-0.2, -0.15) is 0 Å². The van der Waals surface area contributed by atoms with Gasteiger partial charge in [0, 0.05) is 19.8 Å². The number of aryl methyl sites for hydroxylation is 1. The van der Waals surface area contributed by atoms with Crippen molar-refractivity contribution in [3.8, 4) is 0 Å². The second-order valence-electron chi connectivity index (χ2n) is 5.49. The molecule has 1 amide bonds. The summed E-state index contributed by atoms with van der Waals surface area (Å²) in [6.07, 6.45) is 6.34. The third kappa shape index (κ3) is 2.82. The quantitative estimate of drug-likeness (QED) is 0.851. The summed E-state index contributed by atoms with van der Waals surface area (Å²) in [5.41, 5.74) is 1.45. The Labute approximate surface area is 123 Å². The van der Waals surface area contributed by atoms with Gasteiger partial charge in [0.1, 0.15) is 11.5 Å². The molecule has 0 radical (unpaired) electrons. The lowest BCUT2D eigenvalue weighted by molar-refractivity contribution is 0.0606. The zero-order valence-corrected chi connectivity index (χ0v) is 12.0. The number of nitrogens with zero attached hydrogens (tertiary/aromatic N) is 3. The number of benzene rings is 1. The van der Waals surface area contributed by atoms with Crippen molar-refractivity contribution < 1.29 is 9.18 Å². The van der Waals surface area contributed by atoms with E-state index in [-0.39, 0.29) is 17.8 Å². The average molecular weight is 287 g/mol. The van der Waals surface area contributed by atoms with Crippen molar-refractivity contribution in [2.75, 3.05) is 6.54 Å². The standard InChI is InChI=1S/C16H18FN3O/c1-19-10-14(18-11-19)16(21)20-9-3-2-4-15(20)12-5-7-13(17)8-6-12/h5-8,10-11,15H,2-4,9H2,1H3/t15-/m0/s1. The summed E-state index contributed by atoms with van der Waals surface area (Å²) in [6.45, 7) is 0.720. The first kappa shape index (κ1) is 13.8. The molecule has 0 spiro atoms. The van der Waals surface area contributed by atoms with Crippen LogP contribution >= 0.6 is 0 Å². The molecule has 110 valence electrons. The van der Waals surface area contributed by atoms with Gasteiger partial charge in [0.05, 0.1) is 12.4 Å². The predicted molar refractivity (Wildman–Crippen MR) is 77.2 cm³/mol. The lowest BCUT2D eigenvalue weighted by Gasteiger charge is -2.35. The Morgan fingerprint density at radius 2 is 2.05 bits per heavy atom. The molecule has 1 fully saturated rings. The summed E-state index contributed by atoms with van der Waals surface area (Å²) >= 11 is 0. The van der Waals surface area contributed by atoms with Crippen LogP contribution in [-0.2, 0) is 7.05 Å². The lowest BCUT2D eigenvalue weighted by Crippen LogP contribution is -2.38. The van der Waals surface area contributed by atoms with E-state index in [4.69, 9.17) is 0 Å². The van der Waals surface area contributed by atoms with Crippen LogP contribution in [0.15, 0.2) is 36.8 Å². The second kappa shape index (κ2) is 5.68. The van der Waals surface area contributed by atoms with Gasteiger partial charge in [0.25, 0.3) is 5.91 Å². The highest BCUT2D eigenvalue weighted by Gasteiger charge is 2.29. The van der Waals surface area contributed by atoms with E-state index >= 15 is 0 Å². The smallest absolute Gasteiger partial charge is 0.274 e. The van der Waals surface area contributed by atoms with Crippen LogP contribution in [0.25, 0.3) is 0 Å². The van der Waals surface area contributed by atoms with Gasteiger partial charge in [-0.05, 0) is 37.0 Å². The number of likely N-dealkylation sites (tertiary alicyclic amines) is 1. The van der Waals surface area contributed by atoms with Crippen LogP contribution in [0.2, 0.25) is 0 Å². The first-order valence-electron chi connectivity index (χ1n) is 7.19. The molecule has 0 saturated carbocycles. The summed E-state index contributed by atoms with van der Waals surface area (Å²) in [5.74, 6) is -0.304. The largest absolute Gasteiger partial charge is 0.340 e. The SMILES string of the molecule is Cn1cnc(C(=O)N2CCCC[C@H]2c2ccc(F)cc2)c1. The number of halogens is 1. The number of carbonyl (C=O) groups is 1. The zero-order valence-electron chi connectivity index (χ0n) is 12.0. The van der Waals surface area contributed by atoms with E-state index in [0.717, 1.165) is 31.4 Å². The van der Waals surface area contributed by atoms with Crippen LogP contribution in [0.4, 0.5) is 4.39 Å². The summed E-state index contributed by atoms with van der Waals surface area (Å²) in [7, 11) is 1.84. The summed E-state index contributed by atoms with van der Waals surface area (Å²) in [6, 6.07) is 6.45. The minimum atomic E-state index is -0.253. The predicted octanol–water partition coefficient (Wildman–Crippen LogP) is 2.93. The molecule has 5 heteroatoms. The maximum absolute atomic E-state index is 13.1. The Bertz CT molecular complexity index is 635. The fraction of sp³-hybridized carbons (Fsp3) is 0.375. The third-order valence-corrected chi connectivity index (χ3v) is 3.94. The van der Waals surface area contributed by atoms with E-state index in [1.165, 1.54) is 12.1 Å². The molecule has 4 nitrogen and oxygen atoms in total. The number of aromatic nitrogens is 2. The summed E-state index contributed by atoms with van der Waals surface area (Å²) in [5, 5.41) is 0. The number of carbonyl (C=O) groups excluding carboxylic acids is 1. The van der Waals surface area contributed by atoms with E-state index in [9.17, 15) is 9.18 Å². The Kier molecular flexibility index (Phi) is 3.73. The molecule has 1 aromatic heterocycles. The van der Waals surface area contributed by atoms with Gasteiger partial charge >= 0.3 is 0 Å². The molecule has 1 saturated heterocycles. The molecular weight excluding hydrogens is 269 g/mol. The molecule has 0 N–H and O–H groups in total. The fourth-order valence-corrected chi connectivity index (χ4v) is 2.88. The zero-order chi connectivity index (χ0) is 14.8. The second-order valence-corrected chi connectivity index (χ2v) is 5.49. The number of hydrogen-bond donors (Lipinski definition) is 0. The van der Waals surface area contributed by atoms with E-state index < -0.39 is 0 Å². The monoisotopic (exact) mass is 287 g/mol. The fourth-order valence-electron chi connectivity index (χ4n) is 2.88. The molecule has 1 aliphatic rings. The molecule has 1 aliphatic heterocycles. The van der Waals surface area contributed by atoms with Crippen LogP contribution in [0.1, 0.15) is 41.4 Å². The van der Waals surface area contributed by atoms with Crippen LogP contribution in [0.3, 0.4) is 0 Å². The molecule has 1 aromatic carbocycles. The van der Waals surface area contributed by atoms with Crippen molar-refractivity contribution >= 4 is 5.91 Å². The van der Waals surface area contributed by atoms with Crippen molar-refractivity contribution in [3.05, 3.63) is 53.9 Å². The van der Waals surface area contributed by atoms with Gasteiger partial charge in [-0.3, -0.25) is 4.79 Å². The van der Waals surface area contributed by atoms with Crippen LogP contribution in [0, 0.1) is 5.82 Å². The minimum absolute atomic E-state index is 0.00820. The van der Waals surface area contributed by atoms with Crippen molar-refractivity contribution in [2.45, 2.75) is 25.3 Å². The van der Waals surface area contributed by atoms with Crippen LogP contribution in [-0.4, -0.2) is 26.9 Å². The van der Waals surface area contributed by atoms with E-state index in [0.29, 0.717) is 5.69 Å². The first-order valence-corrected chi connectivity index (χ1v) is 7.19. The van der Waals surface area contributed by atoms with E-state index in [1.807, 2.05) is 11.9 Å². The summed E-state index contributed by atoms with van der Waals surface area (Å²) < 4.78 is 14.9. The number of piperidine rings is 1. The van der Waals surface area contributed by atoms with Gasteiger partial charge in [0.2, 0.25) is 0 Å². The van der Waals surface area contributed by atoms with Gasteiger partial charge in [-0.1, -0.05) is 12.1 Å². The summed E-state index contributed by atoms with van der Waals surface area (Å²) in [4.78, 5) is 18.6. The number of amides is 1. The molecule has 1 atom stereocenters. The molecular formula is C16H18FN3O. The molecule has 0 aliphatic carbocycles. The van der Waals surface area contributed by atoms with Crippen molar-refractivity contribution in [1.82, 2.24) is 14.5 Å². The minimum Gasteiger partial charge on any atom is -0.340 e. The maximum atomic E-state index is 13.1. The number of imidazole rings is 1. The normalized spacial score (nSPS) is 18.8. The molecule has 2 heterocycles. The van der Waals surface area contributed by atoms with E-state index in [2.05, 4.69) is 4.98 Å². The molecule has 21 heavy (non-hydrogen) atoms. The Hall–Kier alpha value is -2.17. The van der Waals surface area contributed by atoms with Crippen LogP contribution < -0.4 is 0 Å². The maximum Gasteiger partial charge on any atom is 0.274 e. The highest BCUT2D eigenvalue weighted by Crippen LogP contribution is 2.31. The van der Waals surface area contributed by atoms with Gasteiger partial charge in [-0.15, -0.1) is 0 Å². The Balaban J connectivity index is 1.87. The number of rotatable bonds is 2. The van der Waals surface area contributed by atoms with Crippen molar-refractivity contribution in [2.24, 2.45) is 7.05 Å². The van der Waals surface area contributed by atoms with Gasteiger partial charge in [0.15, 0.2) is 0 Å². The lowest BCUT2D eigenvalue weighted by atomic mass is 9.95. The number of hydrogen-bond acceptors (Lipinski definition) is 2. The van der Waals surface area contributed by atoms with E-state index in [1.54, 1.807) is 29.2 Å². The van der Waals surface area contributed by atoms with Gasteiger partial charge in [-0.25, -0.2) is 9.37 Å².